The summed E-state index contributed by atoms with van der Waals surface area (Å²) in [6.07, 6.45) is -0.0621. The van der Waals surface area contributed by atoms with Gasteiger partial charge >= 0.3 is 11.8 Å². The fourth-order valence-electron chi connectivity index (χ4n) is 3.61. The predicted octanol–water partition coefficient (Wildman–Crippen LogP) is 2.01. The maximum atomic E-state index is 13.0. The number of ketones is 1. The first-order chi connectivity index (χ1) is 16.4. The van der Waals surface area contributed by atoms with E-state index in [0.717, 1.165) is 16.3 Å². The Balaban J connectivity index is 1.63. The Hall–Kier alpha value is -4.04. The third-order valence-electron chi connectivity index (χ3n) is 5.41. The number of Topliss-reactive ketones (excluding diaryl/α,β-unsaturated/α-hetero) is 1. The van der Waals surface area contributed by atoms with Crippen LogP contribution >= 0.6 is 0 Å². The molecule has 3 aromatic carbocycles. The second-order valence-corrected chi connectivity index (χ2v) is 7.81. The SMILES string of the molecule is C[C@@H](NC(=O)c1ccccc1CNC(=O)C(=O)NCCC(=O)CO)c1cccc2ccccc12. The Labute approximate surface area is 197 Å². The van der Waals surface area contributed by atoms with Crippen molar-refractivity contribution in [1.29, 1.82) is 0 Å². The Morgan fingerprint density at radius 2 is 1.53 bits per heavy atom. The molecular weight excluding hydrogens is 434 g/mol. The highest BCUT2D eigenvalue weighted by Gasteiger charge is 2.18. The maximum absolute atomic E-state index is 13.0. The van der Waals surface area contributed by atoms with Crippen molar-refractivity contribution in [3.05, 3.63) is 83.4 Å². The lowest BCUT2D eigenvalue weighted by atomic mass is 9.99. The van der Waals surface area contributed by atoms with Crippen molar-refractivity contribution in [3.8, 4) is 0 Å². The van der Waals surface area contributed by atoms with Crippen molar-refractivity contribution < 1.29 is 24.3 Å². The number of carbonyl (C=O) groups excluding carboxylic acids is 4. The molecule has 176 valence electrons. The highest BCUT2D eigenvalue weighted by Crippen LogP contribution is 2.24. The molecule has 0 radical (unpaired) electrons. The molecule has 0 aliphatic heterocycles. The van der Waals surface area contributed by atoms with Crippen molar-refractivity contribution in [1.82, 2.24) is 16.0 Å². The van der Waals surface area contributed by atoms with Crippen LogP contribution in [0, 0.1) is 0 Å². The monoisotopic (exact) mass is 461 g/mol. The first-order valence-corrected chi connectivity index (χ1v) is 11.0. The number of fused-ring (bicyclic) bond motifs is 1. The zero-order chi connectivity index (χ0) is 24.5. The molecule has 0 unspecified atom stereocenters. The third-order valence-corrected chi connectivity index (χ3v) is 5.41. The molecule has 8 heteroatoms. The highest BCUT2D eigenvalue weighted by molar-refractivity contribution is 6.35. The lowest BCUT2D eigenvalue weighted by Gasteiger charge is -2.18. The smallest absolute Gasteiger partial charge is 0.309 e. The second kappa shape index (κ2) is 11.7. The number of nitrogens with one attached hydrogen (secondary N) is 3. The summed E-state index contributed by atoms with van der Waals surface area (Å²) < 4.78 is 0. The van der Waals surface area contributed by atoms with E-state index in [0.29, 0.717) is 11.1 Å². The Bertz CT molecular complexity index is 1200. The van der Waals surface area contributed by atoms with Gasteiger partial charge in [0.1, 0.15) is 6.61 Å². The molecule has 0 saturated carbocycles. The highest BCUT2D eigenvalue weighted by atomic mass is 16.3. The normalized spacial score (nSPS) is 11.5. The minimum absolute atomic E-state index is 0.0198. The van der Waals surface area contributed by atoms with Gasteiger partial charge in [0.2, 0.25) is 0 Å². The molecule has 34 heavy (non-hydrogen) atoms. The van der Waals surface area contributed by atoms with E-state index in [1.807, 2.05) is 49.4 Å². The van der Waals surface area contributed by atoms with Gasteiger partial charge in [-0.3, -0.25) is 19.2 Å². The summed E-state index contributed by atoms with van der Waals surface area (Å²) >= 11 is 0. The number of rotatable bonds is 9. The lowest BCUT2D eigenvalue weighted by Crippen LogP contribution is -2.40. The van der Waals surface area contributed by atoms with Crippen LogP contribution in [0.2, 0.25) is 0 Å². The average Bonchev–Trinajstić information content (AvgIpc) is 2.86. The van der Waals surface area contributed by atoms with Crippen LogP contribution in [-0.2, 0) is 20.9 Å². The number of aliphatic hydroxyl groups excluding tert-OH is 1. The summed E-state index contributed by atoms with van der Waals surface area (Å²) in [5, 5.41) is 18.7. The quantitative estimate of drug-likeness (QED) is 0.363. The van der Waals surface area contributed by atoms with Crippen LogP contribution in [-0.4, -0.2) is 41.8 Å². The Morgan fingerprint density at radius 3 is 2.32 bits per heavy atom. The van der Waals surface area contributed by atoms with Gasteiger partial charge in [0.05, 0.1) is 6.04 Å². The third kappa shape index (κ3) is 6.26. The molecule has 0 aliphatic rings. The van der Waals surface area contributed by atoms with Gasteiger partial charge in [-0.05, 0) is 34.9 Å². The average molecular weight is 462 g/mol. The standard InChI is InChI=1S/C26H27N3O5/c1-17(21-12-6-9-18-7-2-4-10-22(18)21)29-24(32)23-11-5-3-8-19(23)15-28-26(34)25(33)27-14-13-20(31)16-30/h2-12,17,30H,13-16H2,1H3,(H,27,33)(H,28,34)(H,29,32)/t17-/m1/s1. The van der Waals surface area contributed by atoms with Crippen LogP contribution in [0.1, 0.15) is 40.9 Å². The molecule has 1 atom stereocenters. The molecule has 3 aromatic rings. The van der Waals surface area contributed by atoms with Gasteiger partial charge in [0.25, 0.3) is 5.91 Å². The van der Waals surface area contributed by atoms with Crippen LogP contribution < -0.4 is 16.0 Å². The molecular formula is C26H27N3O5. The van der Waals surface area contributed by atoms with Crippen LogP contribution in [0.4, 0.5) is 0 Å². The molecule has 0 fully saturated rings. The zero-order valence-corrected chi connectivity index (χ0v) is 18.8. The van der Waals surface area contributed by atoms with Crippen LogP contribution in [0.25, 0.3) is 10.8 Å². The van der Waals surface area contributed by atoms with Crippen molar-refractivity contribution in [2.24, 2.45) is 0 Å². The fourth-order valence-corrected chi connectivity index (χ4v) is 3.61. The van der Waals surface area contributed by atoms with Crippen molar-refractivity contribution in [2.45, 2.75) is 25.9 Å². The summed E-state index contributed by atoms with van der Waals surface area (Å²) in [4.78, 5) is 48.1. The largest absolute Gasteiger partial charge is 0.389 e. The van der Waals surface area contributed by atoms with E-state index in [-0.39, 0.29) is 31.5 Å². The minimum Gasteiger partial charge on any atom is -0.389 e. The number of carbonyl (C=O) groups is 4. The summed E-state index contributed by atoms with van der Waals surface area (Å²) in [7, 11) is 0. The van der Waals surface area contributed by atoms with Gasteiger partial charge in [-0.2, -0.15) is 0 Å². The number of aliphatic hydroxyl groups is 1. The summed E-state index contributed by atoms with van der Waals surface area (Å²) in [5.74, 6) is -2.50. The minimum atomic E-state index is -0.891. The first kappa shape index (κ1) is 24.6. The molecule has 0 saturated heterocycles. The van der Waals surface area contributed by atoms with Gasteiger partial charge in [-0.15, -0.1) is 0 Å². The van der Waals surface area contributed by atoms with Gasteiger partial charge in [0.15, 0.2) is 5.78 Å². The van der Waals surface area contributed by atoms with E-state index in [4.69, 9.17) is 5.11 Å². The van der Waals surface area contributed by atoms with E-state index in [1.165, 1.54) is 0 Å². The second-order valence-electron chi connectivity index (χ2n) is 7.81. The van der Waals surface area contributed by atoms with Crippen molar-refractivity contribution in [3.63, 3.8) is 0 Å². The summed E-state index contributed by atoms with van der Waals surface area (Å²) in [6, 6.07) is 20.5. The lowest BCUT2D eigenvalue weighted by molar-refractivity contribution is -0.139. The van der Waals surface area contributed by atoms with Gasteiger partial charge in [0, 0.05) is 25.1 Å². The Morgan fingerprint density at radius 1 is 0.853 bits per heavy atom. The summed E-state index contributed by atoms with van der Waals surface area (Å²) in [5.41, 5.74) is 1.94. The molecule has 3 rings (SSSR count). The van der Waals surface area contributed by atoms with Crippen molar-refractivity contribution in [2.75, 3.05) is 13.2 Å². The maximum Gasteiger partial charge on any atom is 0.309 e. The predicted molar refractivity (Wildman–Crippen MR) is 128 cm³/mol. The molecule has 4 N–H and O–H groups in total. The molecule has 0 aromatic heterocycles. The molecule has 0 spiro atoms. The van der Waals surface area contributed by atoms with E-state index in [9.17, 15) is 19.2 Å². The number of benzene rings is 3. The Kier molecular flexibility index (Phi) is 8.48. The number of hydrogen-bond donors (Lipinski definition) is 4. The van der Waals surface area contributed by atoms with E-state index in [1.54, 1.807) is 24.3 Å². The topological polar surface area (TPSA) is 125 Å². The number of amides is 3. The molecule has 0 heterocycles. The molecule has 0 aliphatic carbocycles. The van der Waals surface area contributed by atoms with Crippen LogP contribution in [0.15, 0.2) is 66.7 Å². The first-order valence-electron chi connectivity index (χ1n) is 11.0. The van der Waals surface area contributed by atoms with E-state index < -0.39 is 24.2 Å². The van der Waals surface area contributed by atoms with E-state index >= 15 is 0 Å². The molecule has 0 bridgehead atoms. The molecule has 8 nitrogen and oxygen atoms in total. The fraction of sp³-hybridized carbons (Fsp3) is 0.231. The summed E-state index contributed by atoms with van der Waals surface area (Å²) in [6.45, 7) is 1.24. The van der Waals surface area contributed by atoms with Crippen LogP contribution in [0.3, 0.4) is 0 Å². The number of hydrogen-bond acceptors (Lipinski definition) is 5. The van der Waals surface area contributed by atoms with Gasteiger partial charge in [-0.1, -0.05) is 60.7 Å². The van der Waals surface area contributed by atoms with E-state index in [2.05, 4.69) is 16.0 Å². The molecule has 3 amide bonds. The zero-order valence-electron chi connectivity index (χ0n) is 18.8. The van der Waals surface area contributed by atoms with Crippen molar-refractivity contribution >= 4 is 34.3 Å². The van der Waals surface area contributed by atoms with Gasteiger partial charge in [-0.25, -0.2) is 0 Å². The van der Waals surface area contributed by atoms with Gasteiger partial charge < -0.3 is 21.1 Å². The van der Waals surface area contributed by atoms with Crippen LogP contribution in [0.5, 0.6) is 0 Å².